The minimum Gasteiger partial charge on any atom is -0.507 e. The number of hydrogen-bond acceptors (Lipinski definition) is 9. The molecule has 6 unspecified atom stereocenters. The monoisotopic (exact) mass is 1210 g/mol. The molecule has 5 aromatic rings. The zero-order chi connectivity index (χ0) is 63.9. The van der Waals surface area contributed by atoms with Crippen molar-refractivity contribution in [2.75, 3.05) is 0 Å². The third-order valence-electron chi connectivity index (χ3n) is 19.4. The van der Waals surface area contributed by atoms with Gasteiger partial charge < -0.3 is 34.5 Å². The number of nitrogens with one attached hydrogen (secondary N) is 1. The summed E-state index contributed by atoms with van der Waals surface area (Å²) in [5.74, 6) is 6.14. The molecule has 6 atom stereocenters. The standard InChI is InChI=1S/C29H37NO3.2C21H30O2.C8H7NO/c1-5-6-8-13-22-17-25(32-28(31)30-19-21-11-9-7-10-12-21)27-23-16-20(2)14-15-24(23)29(3,4)33-26(27)18-22;2*1-5-6-7-8-15-12-18(22)20-16-11-14(2)9-10-17(16)21(3,4)23-19(20)13-15;10-7-9-6-8-4-2-1-3-5-8/h7,9-12,16-18,23-24H,5-6,8,13-15,19H2,1-4H3,(H,30,31);2*11-13,16-17,22H,5-10H2,1-4H3;1-5H,6H2. The Morgan fingerprint density at radius 2 is 0.899 bits per heavy atom. The van der Waals surface area contributed by atoms with E-state index in [1.807, 2.05) is 72.8 Å². The number of aliphatic imine (C=N–C) groups is 1. The molecule has 478 valence electrons. The van der Waals surface area contributed by atoms with Gasteiger partial charge in [-0.05, 0) is 204 Å². The second-order valence-corrected chi connectivity index (χ2v) is 27.7. The molecule has 0 radical (unpaired) electrons. The van der Waals surface area contributed by atoms with Gasteiger partial charge in [0.25, 0.3) is 0 Å². The van der Waals surface area contributed by atoms with Gasteiger partial charge in [0.1, 0.15) is 51.3 Å². The van der Waals surface area contributed by atoms with Gasteiger partial charge in [0.15, 0.2) is 0 Å². The fraction of sp³-hybridized carbons (Fsp3) is 0.519. The molecule has 0 bridgehead atoms. The summed E-state index contributed by atoms with van der Waals surface area (Å²) >= 11 is 0. The van der Waals surface area contributed by atoms with Crippen molar-refractivity contribution in [3.63, 3.8) is 0 Å². The molecule has 1 amide bonds. The molecule has 6 aliphatic rings. The number of carbonyl (C=O) groups is 1. The van der Waals surface area contributed by atoms with Crippen LogP contribution in [-0.2, 0) is 37.1 Å². The van der Waals surface area contributed by atoms with Crippen LogP contribution < -0.4 is 24.3 Å². The molecule has 0 fully saturated rings. The summed E-state index contributed by atoms with van der Waals surface area (Å²) in [7, 11) is 0. The van der Waals surface area contributed by atoms with Gasteiger partial charge in [0.05, 0.1) is 6.54 Å². The number of carbonyl (C=O) groups excluding carboxylic acids is 2. The van der Waals surface area contributed by atoms with Crippen LogP contribution in [0.5, 0.6) is 34.5 Å². The molecule has 11 rings (SSSR count). The number of phenolic OH excluding ortho intramolecular Hbond substituents is 2. The number of isocyanates is 1. The van der Waals surface area contributed by atoms with Crippen molar-refractivity contribution >= 4 is 12.2 Å². The molecule has 10 nitrogen and oxygen atoms in total. The van der Waals surface area contributed by atoms with Gasteiger partial charge >= 0.3 is 6.09 Å². The number of fused-ring (bicyclic) bond motifs is 9. The Bertz CT molecular complexity index is 3200. The number of nitrogens with zero attached hydrogens (tertiary/aromatic N) is 1. The van der Waals surface area contributed by atoms with Gasteiger partial charge in [-0.25, -0.2) is 14.6 Å². The molecule has 3 aliphatic heterocycles. The van der Waals surface area contributed by atoms with Crippen LogP contribution in [0.2, 0.25) is 0 Å². The van der Waals surface area contributed by atoms with E-state index in [9.17, 15) is 19.8 Å². The van der Waals surface area contributed by atoms with Crippen LogP contribution in [0.3, 0.4) is 0 Å². The maximum atomic E-state index is 12.8. The lowest BCUT2D eigenvalue weighted by Crippen LogP contribution is -2.45. The maximum Gasteiger partial charge on any atom is 0.412 e. The van der Waals surface area contributed by atoms with E-state index >= 15 is 0 Å². The summed E-state index contributed by atoms with van der Waals surface area (Å²) in [4.78, 5) is 25.9. The lowest BCUT2D eigenvalue weighted by Gasteiger charge is -2.46. The Kier molecular flexibility index (Phi) is 23.7. The molecule has 89 heavy (non-hydrogen) atoms. The van der Waals surface area contributed by atoms with Crippen LogP contribution in [0.25, 0.3) is 0 Å². The van der Waals surface area contributed by atoms with Crippen molar-refractivity contribution in [1.29, 1.82) is 0 Å². The summed E-state index contributed by atoms with van der Waals surface area (Å²) < 4.78 is 25.3. The van der Waals surface area contributed by atoms with Crippen molar-refractivity contribution in [1.82, 2.24) is 5.32 Å². The first-order chi connectivity index (χ1) is 42.6. The summed E-state index contributed by atoms with van der Waals surface area (Å²) in [5.41, 5.74) is 12.3. The van der Waals surface area contributed by atoms with E-state index in [-0.39, 0.29) is 34.6 Å². The average Bonchev–Trinajstić information content (AvgIpc) is 1.10. The summed E-state index contributed by atoms with van der Waals surface area (Å²) in [6.07, 6.45) is 28.6. The SMILES string of the molecule is CCCCCc1cc(O)c2c(c1)OC(C)(C)C1CCC(C)=CC21.CCCCCc1cc(O)c2c(c1)OC(C)(C)C1CCC(C)=CC21.CCCCCc1cc(OC(=O)NCc2ccccc2)c2c(c1)OC(C)(C)C1CCC(C)=CC21.O=C=NCc1ccccc1. The van der Waals surface area contributed by atoms with Gasteiger partial charge in [0.2, 0.25) is 6.08 Å². The number of hydrogen-bond donors (Lipinski definition) is 3. The smallest absolute Gasteiger partial charge is 0.412 e. The average molecular weight is 1210 g/mol. The normalized spacial score (nSPS) is 21.6. The lowest BCUT2D eigenvalue weighted by atomic mass is 9.68. The molecular weight excluding hydrogens is 1100 g/mol. The first kappa shape index (κ1) is 67.9. The second kappa shape index (κ2) is 31.1. The van der Waals surface area contributed by atoms with Crippen LogP contribution in [0, 0.1) is 17.8 Å². The summed E-state index contributed by atoms with van der Waals surface area (Å²) in [5, 5.41) is 24.3. The topological polar surface area (TPSA) is 136 Å². The third kappa shape index (κ3) is 17.7. The molecule has 0 aromatic heterocycles. The highest BCUT2D eigenvalue weighted by Crippen LogP contribution is 2.57. The predicted octanol–water partition coefficient (Wildman–Crippen LogP) is 20.3. The van der Waals surface area contributed by atoms with E-state index in [4.69, 9.17) is 18.9 Å². The van der Waals surface area contributed by atoms with Crippen LogP contribution in [-0.4, -0.2) is 39.2 Å². The van der Waals surface area contributed by atoms with Gasteiger partial charge in [-0.3, -0.25) is 0 Å². The Morgan fingerprint density at radius 1 is 0.528 bits per heavy atom. The van der Waals surface area contributed by atoms with Gasteiger partial charge in [-0.15, -0.1) is 0 Å². The lowest BCUT2D eigenvalue weighted by molar-refractivity contribution is 0.0104. The molecule has 0 spiro atoms. The predicted molar refractivity (Wildman–Crippen MR) is 362 cm³/mol. The number of aryl methyl sites for hydroxylation is 3. The first-order valence-electron chi connectivity index (χ1n) is 33.7. The van der Waals surface area contributed by atoms with Crippen molar-refractivity contribution in [3.8, 4) is 34.5 Å². The number of rotatable bonds is 17. The Labute approximate surface area is 533 Å². The minimum absolute atomic E-state index is 0.177. The molecule has 3 heterocycles. The quantitative estimate of drug-likeness (QED) is 0.0362. The van der Waals surface area contributed by atoms with Crippen molar-refractivity contribution in [2.45, 2.75) is 246 Å². The van der Waals surface area contributed by atoms with Crippen LogP contribution in [0.15, 0.2) is 137 Å². The Morgan fingerprint density at radius 3 is 1.29 bits per heavy atom. The summed E-state index contributed by atoms with van der Waals surface area (Å²) in [6.45, 7) is 27.3. The van der Waals surface area contributed by atoms with Crippen molar-refractivity contribution in [2.24, 2.45) is 22.7 Å². The van der Waals surface area contributed by atoms with Crippen molar-refractivity contribution in [3.05, 3.63) is 177 Å². The number of amides is 1. The highest BCUT2D eigenvalue weighted by atomic mass is 16.6. The zero-order valence-corrected chi connectivity index (χ0v) is 55.9. The van der Waals surface area contributed by atoms with Gasteiger partial charge in [0, 0.05) is 58.7 Å². The third-order valence-corrected chi connectivity index (χ3v) is 19.4. The fourth-order valence-corrected chi connectivity index (χ4v) is 14.6. The highest BCUT2D eigenvalue weighted by molar-refractivity contribution is 5.72. The zero-order valence-electron chi connectivity index (χ0n) is 55.9. The fourth-order valence-electron chi connectivity index (χ4n) is 14.6. The van der Waals surface area contributed by atoms with E-state index < -0.39 is 6.09 Å². The molecule has 3 aliphatic carbocycles. The molecule has 0 saturated heterocycles. The van der Waals surface area contributed by atoms with Crippen molar-refractivity contribution < 1.29 is 38.7 Å². The van der Waals surface area contributed by atoms with Gasteiger partial charge in [-0.2, -0.15) is 0 Å². The second-order valence-electron chi connectivity index (χ2n) is 27.7. The number of benzene rings is 5. The molecule has 10 heteroatoms. The number of allylic oxidation sites excluding steroid dienone is 6. The number of ether oxygens (including phenoxy) is 4. The van der Waals surface area contributed by atoms with E-state index in [0.29, 0.717) is 48.1 Å². The molecule has 0 saturated carbocycles. The summed E-state index contributed by atoms with van der Waals surface area (Å²) in [6, 6.07) is 32.0. The van der Waals surface area contributed by atoms with E-state index in [0.717, 1.165) is 109 Å². The molecule has 3 N–H and O–H groups in total. The van der Waals surface area contributed by atoms with E-state index in [1.54, 1.807) is 0 Å². The minimum atomic E-state index is -0.426. The molecule has 5 aromatic carbocycles. The highest BCUT2D eigenvalue weighted by Gasteiger charge is 2.48. The van der Waals surface area contributed by atoms with Crippen LogP contribution in [0.1, 0.15) is 242 Å². The largest absolute Gasteiger partial charge is 0.507 e. The maximum absolute atomic E-state index is 12.8. The van der Waals surface area contributed by atoms with Gasteiger partial charge in [-0.1, -0.05) is 155 Å². The first-order valence-corrected chi connectivity index (χ1v) is 33.7. The van der Waals surface area contributed by atoms with E-state index in [1.165, 1.54) is 90.9 Å². The Hall–Kier alpha value is -7.03. The van der Waals surface area contributed by atoms with Crippen LogP contribution >= 0.6 is 0 Å². The number of unbranched alkanes of at least 4 members (excludes halogenated alkanes) is 6. The Balaban J connectivity index is 0.000000163. The molecular formula is C79H104N2O8. The van der Waals surface area contributed by atoms with Crippen LogP contribution in [0.4, 0.5) is 4.79 Å². The number of aromatic hydroxyl groups is 2. The number of phenols is 2. The van der Waals surface area contributed by atoms with E-state index in [2.05, 4.69) is 136 Å².